The highest BCUT2D eigenvalue weighted by Gasteiger charge is 2.23. The molecule has 0 aliphatic carbocycles. The SMILES string of the molecule is COC(=O)NNC(=O)c1nc(Cl)cc(C)c1NC(=O)c1cc(Br)nn1-c1ncccc1Cl. The molecule has 0 atom stereocenters. The van der Waals surface area contributed by atoms with E-state index < -0.39 is 17.9 Å². The van der Waals surface area contributed by atoms with Crippen molar-refractivity contribution < 1.29 is 19.1 Å². The van der Waals surface area contributed by atoms with E-state index in [9.17, 15) is 14.4 Å². The summed E-state index contributed by atoms with van der Waals surface area (Å²) in [5, 5.41) is 7.12. The zero-order valence-electron chi connectivity index (χ0n) is 16.4. The third-order valence-electron chi connectivity index (χ3n) is 3.95. The molecular formula is C18H14BrCl2N7O4. The number of hydrogen-bond acceptors (Lipinski definition) is 7. The average Bonchev–Trinajstić information content (AvgIpc) is 3.15. The van der Waals surface area contributed by atoms with Gasteiger partial charge in [-0.15, -0.1) is 0 Å². The van der Waals surface area contributed by atoms with Crippen molar-refractivity contribution in [3.63, 3.8) is 0 Å². The number of nitrogens with zero attached hydrogens (tertiary/aromatic N) is 4. The number of methoxy groups -OCH3 is 1. The van der Waals surface area contributed by atoms with Crippen LogP contribution in [0.15, 0.2) is 35.1 Å². The number of hydrogen-bond donors (Lipinski definition) is 3. The highest BCUT2D eigenvalue weighted by molar-refractivity contribution is 9.10. The molecule has 3 rings (SSSR count). The number of anilines is 1. The number of aryl methyl sites for hydroxylation is 1. The van der Waals surface area contributed by atoms with E-state index in [1.54, 1.807) is 19.1 Å². The van der Waals surface area contributed by atoms with Crippen LogP contribution >= 0.6 is 39.1 Å². The first kappa shape index (κ1) is 23.4. The summed E-state index contributed by atoms with van der Waals surface area (Å²) in [4.78, 5) is 45.0. The fourth-order valence-corrected chi connectivity index (χ4v) is 3.38. The summed E-state index contributed by atoms with van der Waals surface area (Å²) < 4.78 is 6.00. The molecule has 0 aliphatic heterocycles. The summed E-state index contributed by atoms with van der Waals surface area (Å²) >= 11 is 15.4. The van der Waals surface area contributed by atoms with Crippen LogP contribution < -0.4 is 16.2 Å². The Morgan fingerprint density at radius 3 is 2.59 bits per heavy atom. The monoisotopic (exact) mass is 541 g/mol. The first-order valence-electron chi connectivity index (χ1n) is 8.70. The second kappa shape index (κ2) is 9.94. The molecule has 3 aromatic heterocycles. The molecule has 0 aromatic carbocycles. The van der Waals surface area contributed by atoms with Gasteiger partial charge in [0.1, 0.15) is 15.5 Å². The first-order valence-corrected chi connectivity index (χ1v) is 10.3. The Morgan fingerprint density at radius 1 is 1.16 bits per heavy atom. The Kier molecular flexibility index (Phi) is 7.28. The molecule has 0 bridgehead atoms. The van der Waals surface area contributed by atoms with Gasteiger partial charge in [-0.25, -0.2) is 24.9 Å². The summed E-state index contributed by atoms with van der Waals surface area (Å²) in [5.74, 6) is -1.23. The molecule has 3 N–H and O–H groups in total. The molecule has 0 unspecified atom stereocenters. The third-order valence-corrected chi connectivity index (χ3v) is 4.83. The lowest BCUT2D eigenvalue weighted by atomic mass is 10.1. The van der Waals surface area contributed by atoms with Gasteiger partial charge in [-0.2, -0.15) is 5.10 Å². The van der Waals surface area contributed by atoms with Crippen molar-refractivity contribution in [3.8, 4) is 5.82 Å². The first-order chi connectivity index (χ1) is 15.2. The van der Waals surface area contributed by atoms with Crippen molar-refractivity contribution in [1.29, 1.82) is 0 Å². The van der Waals surface area contributed by atoms with Crippen LogP contribution in [0.5, 0.6) is 0 Å². The minimum atomic E-state index is -0.899. The Balaban J connectivity index is 1.96. The molecule has 3 aromatic rings. The van der Waals surface area contributed by atoms with E-state index in [0.717, 1.165) is 7.11 Å². The number of carbonyl (C=O) groups excluding carboxylic acids is 3. The van der Waals surface area contributed by atoms with Crippen molar-refractivity contribution in [2.45, 2.75) is 6.92 Å². The maximum Gasteiger partial charge on any atom is 0.425 e. The Labute approximate surface area is 199 Å². The van der Waals surface area contributed by atoms with Crippen LogP contribution in [0, 0.1) is 6.92 Å². The Morgan fingerprint density at radius 2 is 1.91 bits per heavy atom. The van der Waals surface area contributed by atoms with Gasteiger partial charge in [-0.05, 0) is 46.6 Å². The lowest BCUT2D eigenvalue weighted by Gasteiger charge is -2.14. The van der Waals surface area contributed by atoms with Crippen LogP contribution in [0.2, 0.25) is 10.2 Å². The third kappa shape index (κ3) is 5.15. The van der Waals surface area contributed by atoms with E-state index in [0.29, 0.717) is 10.2 Å². The lowest BCUT2D eigenvalue weighted by molar-refractivity contribution is 0.0916. The van der Waals surface area contributed by atoms with Crippen molar-refractivity contribution in [3.05, 3.63) is 62.2 Å². The van der Waals surface area contributed by atoms with Gasteiger partial charge in [0, 0.05) is 12.3 Å². The van der Waals surface area contributed by atoms with E-state index in [-0.39, 0.29) is 33.1 Å². The quantitative estimate of drug-likeness (QED) is 0.339. The number of ether oxygens (including phenoxy) is 1. The number of amides is 3. The van der Waals surface area contributed by atoms with Crippen LogP contribution in [-0.4, -0.2) is 44.8 Å². The largest absolute Gasteiger partial charge is 0.452 e. The Hall–Kier alpha value is -3.22. The summed E-state index contributed by atoms with van der Waals surface area (Å²) in [6.45, 7) is 1.62. The van der Waals surface area contributed by atoms with E-state index in [1.807, 2.05) is 5.43 Å². The second-order valence-corrected chi connectivity index (χ2v) is 7.69. The van der Waals surface area contributed by atoms with Gasteiger partial charge in [0.2, 0.25) is 0 Å². The van der Waals surface area contributed by atoms with Crippen molar-refractivity contribution in [1.82, 2.24) is 30.6 Å². The number of pyridine rings is 2. The molecule has 0 spiro atoms. The van der Waals surface area contributed by atoms with Gasteiger partial charge in [0.15, 0.2) is 11.5 Å². The molecule has 0 aliphatic rings. The van der Waals surface area contributed by atoms with Gasteiger partial charge in [-0.3, -0.25) is 15.0 Å². The number of nitrogens with one attached hydrogen (secondary N) is 3. The smallest absolute Gasteiger partial charge is 0.425 e. The molecule has 166 valence electrons. The van der Waals surface area contributed by atoms with Gasteiger partial charge in [-0.1, -0.05) is 23.2 Å². The fraction of sp³-hybridized carbons (Fsp3) is 0.111. The molecule has 0 saturated heterocycles. The molecule has 0 saturated carbocycles. The standard InChI is InChI=1S/C18H14BrCl2N7O4/c1-8-6-12(21)23-14(17(30)25-26-18(31)32-2)13(8)24-16(29)10-7-11(19)27-28(10)15-9(20)4-3-5-22-15/h3-7H,1-2H3,(H,24,29)(H,25,30)(H,26,31). The van der Waals surface area contributed by atoms with Gasteiger partial charge in [0.25, 0.3) is 11.8 Å². The summed E-state index contributed by atoms with van der Waals surface area (Å²) in [6.07, 6.45) is 0.603. The molecule has 3 amide bonds. The number of carbonyl (C=O) groups is 3. The predicted molar refractivity (Wildman–Crippen MR) is 119 cm³/mol. The Bertz CT molecular complexity index is 1220. The molecule has 0 radical (unpaired) electrons. The zero-order valence-corrected chi connectivity index (χ0v) is 19.5. The van der Waals surface area contributed by atoms with Crippen molar-refractivity contribution in [2.24, 2.45) is 0 Å². The van der Waals surface area contributed by atoms with Crippen LogP contribution in [0.1, 0.15) is 26.5 Å². The molecule has 11 nitrogen and oxygen atoms in total. The molecule has 32 heavy (non-hydrogen) atoms. The van der Waals surface area contributed by atoms with E-state index in [1.165, 1.54) is 23.0 Å². The molecule has 14 heteroatoms. The van der Waals surface area contributed by atoms with Crippen molar-refractivity contribution in [2.75, 3.05) is 12.4 Å². The van der Waals surface area contributed by atoms with E-state index >= 15 is 0 Å². The molecular weight excluding hydrogens is 529 g/mol. The van der Waals surface area contributed by atoms with E-state index in [4.69, 9.17) is 23.2 Å². The van der Waals surface area contributed by atoms with Crippen LogP contribution in [0.3, 0.4) is 0 Å². The van der Waals surface area contributed by atoms with Crippen LogP contribution in [-0.2, 0) is 4.74 Å². The maximum absolute atomic E-state index is 13.1. The highest BCUT2D eigenvalue weighted by Crippen LogP contribution is 2.25. The van der Waals surface area contributed by atoms with Crippen LogP contribution in [0.25, 0.3) is 5.82 Å². The number of aromatic nitrogens is 4. The predicted octanol–water partition coefficient (Wildman–Crippen LogP) is 3.29. The maximum atomic E-state index is 13.1. The molecule has 0 fully saturated rings. The zero-order chi connectivity index (χ0) is 23.4. The second-order valence-electron chi connectivity index (χ2n) is 6.08. The number of hydrazine groups is 1. The summed E-state index contributed by atoms with van der Waals surface area (Å²) in [6, 6.07) is 6.16. The van der Waals surface area contributed by atoms with Gasteiger partial charge < -0.3 is 10.1 Å². The van der Waals surface area contributed by atoms with Crippen LogP contribution in [0.4, 0.5) is 10.5 Å². The van der Waals surface area contributed by atoms with Gasteiger partial charge in [0.05, 0.1) is 17.8 Å². The van der Waals surface area contributed by atoms with Gasteiger partial charge >= 0.3 is 6.09 Å². The summed E-state index contributed by atoms with van der Waals surface area (Å²) in [5.41, 5.74) is 4.50. The van der Waals surface area contributed by atoms with Crippen molar-refractivity contribution >= 4 is 62.7 Å². The minimum absolute atomic E-state index is 0.0109. The minimum Gasteiger partial charge on any atom is -0.452 e. The highest BCUT2D eigenvalue weighted by atomic mass is 79.9. The number of halogens is 3. The average molecular weight is 543 g/mol. The summed E-state index contributed by atoms with van der Waals surface area (Å²) in [7, 11) is 1.13. The molecule has 3 heterocycles. The van der Waals surface area contributed by atoms with E-state index in [2.05, 4.69) is 46.5 Å². The normalized spacial score (nSPS) is 10.4. The lowest BCUT2D eigenvalue weighted by Crippen LogP contribution is -2.42. The fourth-order valence-electron chi connectivity index (χ4n) is 2.56. The number of rotatable bonds is 4. The topological polar surface area (TPSA) is 140 Å².